The highest BCUT2D eigenvalue weighted by atomic mass is 16.5. The number of hydrogen-bond acceptors (Lipinski definition) is 5. The van der Waals surface area contributed by atoms with Gasteiger partial charge in [0.15, 0.2) is 0 Å². The van der Waals surface area contributed by atoms with E-state index in [1.165, 1.54) is 12.8 Å². The summed E-state index contributed by atoms with van der Waals surface area (Å²) in [6.07, 6.45) is 2.37. The number of benzene rings is 1. The van der Waals surface area contributed by atoms with Crippen molar-refractivity contribution in [2.45, 2.75) is 25.3 Å². The Kier molecular flexibility index (Phi) is 2.43. The van der Waals surface area contributed by atoms with Crippen LogP contribution < -0.4 is 9.64 Å². The van der Waals surface area contributed by atoms with Crippen molar-refractivity contribution in [1.29, 1.82) is 0 Å². The Morgan fingerprint density at radius 1 is 1.21 bits per heavy atom. The van der Waals surface area contributed by atoms with Gasteiger partial charge in [0.25, 0.3) is 0 Å². The van der Waals surface area contributed by atoms with Crippen molar-refractivity contribution in [1.82, 2.24) is 10.2 Å². The Morgan fingerprint density at radius 3 is 3.00 bits per heavy atom. The Hall–Kier alpha value is -2.04. The van der Waals surface area contributed by atoms with Gasteiger partial charge in [0.2, 0.25) is 11.8 Å². The number of hydrogen-bond donors (Lipinski definition) is 0. The average Bonchev–Trinajstić information content (AvgIpc) is 3.20. The van der Waals surface area contributed by atoms with E-state index in [0.717, 1.165) is 23.9 Å². The molecule has 1 aromatic heterocycles. The maximum Gasteiger partial charge on any atom is 0.235 e. The molecule has 0 spiro atoms. The third-order valence-corrected chi connectivity index (χ3v) is 3.56. The average molecular weight is 257 g/mol. The fourth-order valence-corrected chi connectivity index (χ4v) is 2.38. The number of ether oxygens (including phenoxy) is 1. The van der Waals surface area contributed by atoms with Crippen LogP contribution in [-0.4, -0.2) is 23.3 Å². The molecule has 19 heavy (non-hydrogen) atoms. The van der Waals surface area contributed by atoms with Crippen molar-refractivity contribution in [3.63, 3.8) is 0 Å². The Labute approximate surface area is 111 Å². The largest absolute Gasteiger partial charge is 0.490 e. The number of nitrogens with zero attached hydrogens (tertiary/aromatic N) is 3. The molecule has 0 atom stereocenters. The molecule has 1 aromatic carbocycles. The van der Waals surface area contributed by atoms with Crippen LogP contribution >= 0.6 is 0 Å². The van der Waals surface area contributed by atoms with Gasteiger partial charge < -0.3 is 14.1 Å². The van der Waals surface area contributed by atoms with Crippen molar-refractivity contribution in [2.75, 3.05) is 18.1 Å². The van der Waals surface area contributed by atoms with E-state index in [9.17, 15) is 0 Å². The van der Waals surface area contributed by atoms with Gasteiger partial charge in [-0.1, -0.05) is 12.1 Å². The summed E-state index contributed by atoms with van der Waals surface area (Å²) in [4.78, 5) is 2.23. The first-order chi connectivity index (χ1) is 9.40. The van der Waals surface area contributed by atoms with Gasteiger partial charge in [-0.05, 0) is 25.0 Å². The zero-order valence-electron chi connectivity index (χ0n) is 10.6. The van der Waals surface area contributed by atoms with Gasteiger partial charge in [0, 0.05) is 5.92 Å². The molecule has 0 unspecified atom stereocenters. The monoisotopic (exact) mass is 257 g/mol. The van der Waals surface area contributed by atoms with Crippen LogP contribution in [0.4, 0.5) is 5.69 Å². The lowest BCUT2D eigenvalue weighted by molar-refractivity contribution is 0.303. The number of rotatable bonds is 3. The zero-order chi connectivity index (χ0) is 12.7. The summed E-state index contributed by atoms with van der Waals surface area (Å²) >= 11 is 0. The molecule has 1 aliphatic carbocycles. The van der Waals surface area contributed by atoms with E-state index < -0.39 is 0 Å². The lowest BCUT2D eigenvalue weighted by Gasteiger charge is -2.29. The molecule has 5 heteroatoms. The number of para-hydroxylation sites is 2. The van der Waals surface area contributed by atoms with E-state index in [4.69, 9.17) is 9.15 Å². The molecule has 1 saturated carbocycles. The molecular formula is C14H15N3O2. The second kappa shape index (κ2) is 4.26. The molecule has 0 saturated heterocycles. The van der Waals surface area contributed by atoms with Crippen molar-refractivity contribution >= 4 is 5.69 Å². The Balaban J connectivity index is 1.56. The predicted molar refractivity (Wildman–Crippen MR) is 69.3 cm³/mol. The topological polar surface area (TPSA) is 51.4 Å². The maximum atomic E-state index is 5.72. The van der Waals surface area contributed by atoms with Crippen LogP contribution in [0.25, 0.3) is 0 Å². The molecular weight excluding hydrogens is 242 g/mol. The first-order valence-electron chi connectivity index (χ1n) is 6.69. The highest BCUT2D eigenvalue weighted by Crippen LogP contribution is 2.39. The molecule has 0 bridgehead atoms. The molecule has 0 N–H and O–H groups in total. The van der Waals surface area contributed by atoms with Gasteiger partial charge in [-0.2, -0.15) is 0 Å². The first kappa shape index (κ1) is 10.8. The van der Waals surface area contributed by atoms with Crippen LogP contribution in [0.3, 0.4) is 0 Å². The number of anilines is 1. The molecule has 2 aromatic rings. The van der Waals surface area contributed by atoms with Crippen molar-refractivity contribution < 1.29 is 9.15 Å². The second-order valence-electron chi connectivity index (χ2n) is 5.05. The molecule has 0 amide bonds. The van der Waals surface area contributed by atoms with E-state index in [2.05, 4.69) is 21.2 Å². The molecule has 4 rings (SSSR count). The SMILES string of the molecule is c1ccc2c(c1)OCCN2Cc1nnc(C2CC2)o1. The second-order valence-corrected chi connectivity index (χ2v) is 5.05. The van der Waals surface area contributed by atoms with Crippen LogP contribution in [0.1, 0.15) is 30.5 Å². The van der Waals surface area contributed by atoms with Gasteiger partial charge in [0.1, 0.15) is 12.4 Å². The smallest absolute Gasteiger partial charge is 0.235 e. The fourth-order valence-electron chi connectivity index (χ4n) is 2.38. The highest BCUT2D eigenvalue weighted by Gasteiger charge is 2.29. The molecule has 98 valence electrons. The van der Waals surface area contributed by atoms with Crippen LogP contribution in [-0.2, 0) is 6.54 Å². The number of fused-ring (bicyclic) bond motifs is 1. The lowest BCUT2D eigenvalue weighted by atomic mass is 10.2. The van der Waals surface area contributed by atoms with Crippen molar-refractivity contribution in [2.24, 2.45) is 0 Å². The van der Waals surface area contributed by atoms with Crippen LogP contribution in [0, 0.1) is 0 Å². The molecule has 2 heterocycles. The van der Waals surface area contributed by atoms with E-state index in [0.29, 0.717) is 25.0 Å². The van der Waals surface area contributed by atoms with E-state index in [-0.39, 0.29) is 0 Å². The molecule has 5 nitrogen and oxygen atoms in total. The molecule has 1 aliphatic heterocycles. The first-order valence-corrected chi connectivity index (χ1v) is 6.69. The Bertz CT molecular complexity index is 592. The van der Waals surface area contributed by atoms with Crippen molar-refractivity contribution in [3.8, 4) is 5.75 Å². The van der Waals surface area contributed by atoms with Gasteiger partial charge in [-0.25, -0.2) is 0 Å². The summed E-state index contributed by atoms with van der Waals surface area (Å²) in [5.41, 5.74) is 1.10. The van der Waals surface area contributed by atoms with Gasteiger partial charge in [0.05, 0.1) is 18.8 Å². The molecule has 0 radical (unpaired) electrons. The fraction of sp³-hybridized carbons (Fsp3) is 0.429. The van der Waals surface area contributed by atoms with Gasteiger partial charge in [-0.15, -0.1) is 10.2 Å². The lowest BCUT2D eigenvalue weighted by Crippen LogP contribution is -2.32. The quantitative estimate of drug-likeness (QED) is 0.844. The molecule has 1 fully saturated rings. The summed E-state index contributed by atoms with van der Waals surface area (Å²) in [6, 6.07) is 8.06. The minimum atomic E-state index is 0.512. The van der Waals surface area contributed by atoms with E-state index in [1.807, 2.05) is 18.2 Å². The number of aromatic nitrogens is 2. The Morgan fingerprint density at radius 2 is 2.11 bits per heavy atom. The van der Waals surface area contributed by atoms with Crippen LogP contribution in [0.15, 0.2) is 28.7 Å². The third-order valence-electron chi connectivity index (χ3n) is 3.56. The summed E-state index contributed by atoms with van der Waals surface area (Å²) in [6.45, 7) is 2.19. The van der Waals surface area contributed by atoms with E-state index in [1.54, 1.807) is 0 Å². The zero-order valence-corrected chi connectivity index (χ0v) is 10.6. The third kappa shape index (κ3) is 2.05. The minimum Gasteiger partial charge on any atom is -0.490 e. The summed E-state index contributed by atoms with van der Waals surface area (Å²) in [5, 5.41) is 8.27. The maximum absolute atomic E-state index is 5.72. The predicted octanol–water partition coefficient (Wildman–Crippen LogP) is 2.35. The summed E-state index contributed by atoms with van der Waals surface area (Å²) in [5.74, 6) is 2.93. The van der Waals surface area contributed by atoms with Gasteiger partial charge >= 0.3 is 0 Å². The van der Waals surface area contributed by atoms with E-state index >= 15 is 0 Å². The summed E-state index contributed by atoms with van der Waals surface area (Å²) in [7, 11) is 0. The standard InChI is InChI=1S/C14H15N3O2/c1-2-4-12-11(3-1)17(7-8-18-12)9-13-15-16-14(19-13)10-5-6-10/h1-4,10H,5-9H2. The van der Waals surface area contributed by atoms with Crippen LogP contribution in [0.2, 0.25) is 0 Å². The van der Waals surface area contributed by atoms with Crippen LogP contribution in [0.5, 0.6) is 5.75 Å². The highest BCUT2D eigenvalue weighted by molar-refractivity contribution is 5.59. The molecule has 2 aliphatic rings. The minimum absolute atomic E-state index is 0.512. The summed E-state index contributed by atoms with van der Waals surface area (Å²) < 4.78 is 11.4. The normalized spacial score (nSPS) is 18.0. The van der Waals surface area contributed by atoms with Gasteiger partial charge in [-0.3, -0.25) is 0 Å². The van der Waals surface area contributed by atoms with Crippen molar-refractivity contribution in [3.05, 3.63) is 36.0 Å².